The molecule has 0 aromatic heterocycles. The van der Waals surface area contributed by atoms with Crippen LogP contribution in [0.3, 0.4) is 0 Å². The molecule has 0 amide bonds. The molecule has 2 N–H and O–H groups in total. The van der Waals surface area contributed by atoms with Gasteiger partial charge in [0, 0.05) is 6.04 Å². The van der Waals surface area contributed by atoms with Gasteiger partial charge in [-0.25, -0.2) is 0 Å². The summed E-state index contributed by atoms with van der Waals surface area (Å²) >= 11 is 5.12. The molecular weight excluding hydrogens is 334 g/mol. The Kier molecular flexibility index (Phi) is 7.22. The van der Waals surface area contributed by atoms with Gasteiger partial charge in [-0.15, -0.1) is 0 Å². The summed E-state index contributed by atoms with van der Waals surface area (Å²) in [6.45, 7) is 4.51. The average molecular weight is 357 g/mol. The summed E-state index contributed by atoms with van der Waals surface area (Å²) in [5.41, 5.74) is 4.76. The van der Waals surface area contributed by atoms with Gasteiger partial charge in [-0.1, -0.05) is 30.3 Å². The second kappa shape index (κ2) is 9.64. The second-order valence-electron chi connectivity index (χ2n) is 5.68. The number of thiocarbonyl (C=S) groups is 1. The van der Waals surface area contributed by atoms with Crippen molar-refractivity contribution in [2.24, 2.45) is 5.10 Å². The Morgan fingerprint density at radius 1 is 1.16 bits per heavy atom. The second-order valence-corrected chi connectivity index (χ2v) is 6.09. The minimum Gasteiger partial charge on any atom is -0.493 e. The first-order chi connectivity index (χ1) is 12.1. The van der Waals surface area contributed by atoms with Gasteiger partial charge in [0.05, 0.1) is 13.3 Å². The molecule has 0 aliphatic rings. The van der Waals surface area contributed by atoms with E-state index in [0.717, 1.165) is 11.1 Å². The third-order valence-corrected chi connectivity index (χ3v) is 3.43. The maximum Gasteiger partial charge on any atom is 0.187 e. The molecule has 0 aliphatic heterocycles. The lowest BCUT2D eigenvalue weighted by atomic mass is 10.2. The van der Waals surface area contributed by atoms with Crippen molar-refractivity contribution in [3.8, 4) is 11.5 Å². The summed E-state index contributed by atoms with van der Waals surface area (Å²) in [7, 11) is 1.62. The molecule has 6 heteroatoms. The highest BCUT2D eigenvalue weighted by molar-refractivity contribution is 7.80. The maximum absolute atomic E-state index is 5.84. The summed E-state index contributed by atoms with van der Waals surface area (Å²) in [5.74, 6) is 1.34. The predicted molar refractivity (Wildman–Crippen MR) is 105 cm³/mol. The Balaban J connectivity index is 1.97. The molecule has 5 nitrogen and oxygen atoms in total. The molecule has 0 bridgehead atoms. The Morgan fingerprint density at radius 2 is 1.92 bits per heavy atom. The van der Waals surface area contributed by atoms with E-state index in [0.29, 0.717) is 23.2 Å². The zero-order chi connectivity index (χ0) is 18.1. The summed E-state index contributed by atoms with van der Waals surface area (Å²) in [6, 6.07) is 15.9. The topological polar surface area (TPSA) is 54.9 Å². The van der Waals surface area contributed by atoms with E-state index >= 15 is 0 Å². The maximum atomic E-state index is 5.84. The molecule has 0 unspecified atom stereocenters. The summed E-state index contributed by atoms with van der Waals surface area (Å²) < 4.78 is 11.2. The van der Waals surface area contributed by atoms with Gasteiger partial charge in [0.15, 0.2) is 16.6 Å². The molecule has 25 heavy (non-hydrogen) atoms. The molecule has 132 valence electrons. The van der Waals surface area contributed by atoms with Gasteiger partial charge in [0.2, 0.25) is 0 Å². The van der Waals surface area contributed by atoms with Gasteiger partial charge in [0.1, 0.15) is 6.61 Å². The minimum atomic E-state index is 0.261. The number of hydrogen-bond acceptors (Lipinski definition) is 4. The zero-order valence-corrected chi connectivity index (χ0v) is 15.5. The molecule has 2 aromatic rings. The lowest BCUT2D eigenvalue weighted by molar-refractivity contribution is 0.284. The van der Waals surface area contributed by atoms with Crippen LogP contribution in [0.15, 0.2) is 53.6 Å². The number of hydrazone groups is 1. The quantitative estimate of drug-likeness (QED) is 0.451. The highest BCUT2D eigenvalue weighted by Gasteiger charge is 2.05. The van der Waals surface area contributed by atoms with Crippen molar-refractivity contribution >= 4 is 23.5 Å². The number of hydrogen-bond donors (Lipinski definition) is 2. The number of rotatable bonds is 7. The fraction of sp³-hybridized carbons (Fsp3) is 0.263. The lowest BCUT2D eigenvalue weighted by Crippen LogP contribution is -2.36. The Hall–Kier alpha value is -2.60. The standard InChI is InChI=1S/C19H23N3O2S/c1-14(2)21-19(25)22-20-12-16-9-10-17(18(11-16)23-3)24-13-15-7-5-4-6-8-15/h4-12,14H,13H2,1-3H3,(H2,21,22,25). The lowest BCUT2D eigenvalue weighted by Gasteiger charge is -2.11. The molecule has 0 aliphatic carbocycles. The van der Waals surface area contributed by atoms with Crippen molar-refractivity contribution in [3.63, 3.8) is 0 Å². The van der Waals surface area contributed by atoms with E-state index in [1.807, 2.05) is 62.4 Å². The molecule has 0 saturated carbocycles. The third-order valence-electron chi connectivity index (χ3n) is 3.22. The Labute approximate surface area is 154 Å². The molecule has 0 atom stereocenters. The van der Waals surface area contributed by atoms with E-state index in [1.165, 1.54) is 0 Å². The highest BCUT2D eigenvalue weighted by Crippen LogP contribution is 2.28. The fourth-order valence-corrected chi connectivity index (χ4v) is 2.37. The number of nitrogens with zero attached hydrogens (tertiary/aromatic N) is 1. The van der Waals surface area contributed by atoms with Crippen molar-refractivity contribution in [3.05, 3.63) is 59.7 Å². The molecule has 2 rings (SSSR count). The van der Waals surface area contributed by atoms with Crippen LogP contribution in [0.2, 0.25) is 0 Å². The van der Waals surface area contributed by atoms with Crippen LogP contribution in [0.1, 0.15) is 25.0 Å². The van der Waals surface area contributed by atoms with E-state index in [2.05, 4.69) is 15.8 Å². The normalized spacial score (nSPS) is 10.7. The van der Waals surface area contributed by atoms with Crippen LogP contribution >= 0.6 is 12.2 Å². The fourth-order valence-electron chi connectivity index (χ4n) is 2.08. The number of nitrogens with one attached hydrogen (secondary N) is 2. The molecule has 0 radical (unpaired) electrons. The summed E-state index contributed by atoms with van der Waals surface area (Å²) in [6.07, 6.45) is 1.68. The SMILES string of the molecule is COc1cc(C=NNC(=S)NC(C)C)ccc1OCc1ccccc1. The number of benzene rings is 2. The van der Waals surface area contributed by atoms with Crippen molar-refractivity contribution in [2.75, 3.05) is 7.11 Å². The summed E-state index contributed by atoms with van der Waals surface area (Å²) in [4.78, 5) is 0. The van der Waals surface area contributed by atoms with E-state index in [-0.39, 0.29) is 6.04 Å². The summed E-state index contributed by atoms with van der Waals surface area (Å²) in [5, 5.41) is 7.66. The van der Waals surface area contributed by atoms with Crippen LogP contribution in [-0.4, -0.2) is 24.5 Å². The molecule has 2 aromatic carbocycles. The first kappa shape index (κ1) is 18.7. The van der Waals surface area contributed by atoms with Gasteiger partial charge in [0.25, 0.3) is 0 Å². The van der Waals surface area contributed by atoms with Gasteiger partial charge < -0.3 is 14.8 Å². The highest BCUT2D eigenvalue weighted by atomic mass is 32.1. The largest absolute Gasteiger partial charge is 0.493 e. The van der Waals surface area contributed by atoms with Crippen LogP contribution in [0.5, 0.6) is 11.5 Å². The van der Waals surface area contributed by atoms with Gasteiger partial charge in [-0.2, -0.15) is 5.10 Å². The smallest absolute Gasteiger partial charge is 0.187 e. The first-order valence-electron chi connectivity index (χ1n) is 8.03. The minimum absolute atomic E-state index is 0.261. The van der Waals surface area contributed by atoms with Crippen LogP contribution < -0.4 is 20.2 Å². The van der Waals surface area contributed by atoms with E-state index in [4.69, 9.17) is 21.7 Å². The van der Waals surface area contributed by atoms with E-state index in [1.54, 1.807) is 13.3 Å². The van der Waals surface area contributed by atoms with Crippen molar-refractivity contribution < 1.29 is 9.47 Å². The molecule has 0 spiro atoms. The van der Waals surface area contributed by atoms with Crippen LogP contribution in [0.25, 0.3) is 0 Å². The van der Waals surface area contributed by atoms with Gasteiger partial charge >= 0.3 is 0 Å². The molecular formula is C19H23N3O2S. The Morgan fingerprint density at radius 3 is 2.60 bits per heavy atom. The monoisotopic (exact) mass is 357 g/mol. The van der Waals surface area contributed by atoms with Crippen molar-refractivity contribution in [2.45, 2.75) is 26.5 Å². The van der Waals surface area contributed by atoms with Crippen LogP contribution in [0.4, 0.5) is 0 Å². The van der Waals surface area contributed by atoms with Crippen molar-refractivity contribution in [1.82, 2.24) is 10.7 Å². The van der Waals surface area contributed by atoms with E-state index in [9.17, 15) is 0 Å². The number of methoxy groups -OCH3 is 1. The van der Waals surface area contributed by atoms with E-state index < -0.39 is 0 Å². The number of ether oxygens (including phenoxy) is 2. The first-order valence-corrected chi connectivity index (χ1v) is 8.43. The molecule has 0 heterocycles. The molecule has 0 saturated heterocycles. The van der Waals surface area contributed by atoms with Gasteiger partial charge in [-0.3, -0.25) is 5.43 Å². The van der Waals surface area contributed by atoms with Crippen LogP contribution in [0, 0.1) is 0 Å². The van der Waals surface area contributed by atoms with Crippen molar-refractivity contribution in [1.29, 1.82) is 0 Å². The molecule has 0 fully saturated rings. The zero-order valence-electron chi connectivity index (χ0n) is 14.7. The van der Waals surface area contributed by atoms with Gasteiger partial charge in [-0.05, 0) is 55.4 Å². The average Bonchev–Trinajstić information content (AvgIpc) is 2.60. The predicted octanol–water partition coefficient (Wildman–Crippen LogP) is 3.48. The van der Waals surface area contributed by atoms with Crippen LogP contribution in [-0.2, 0) is 6.61 Å². The Bertz CT molecular complexity index is 718. The third kappa shape index (κ3) is 6.43.